The topological polar surface area (TPSA) is 63.2 Å². The van der Waals surface area contributed by atoms with Crippen molar-refractivity contribution in [2.24, 2.45) is 0 Å². The second kappa shape index (κ2) is 23.2. The van der Waals surface area contributed by atoms with Crippen LogP contribution in [0.1, 0.15) is 110 Å². The zero-order valence-corrected chi connectivity index (χ0v) is 21.6. The van der Waals surface area contributed by atoms with E-state index in [1.54, 1.807) is 0 Å². The maximum atomic E-state index is 10.5. The Labute approximate surface area is 195 Å². The Bertz CT molecular complexity index is 273. The van der Waals surface area contributed by atoms with Crippen molar-refractivity contribution in [3.8, 4) is 0 Å². The van der Waals surface area contributed by atoms with E-state index in [-0.39, 0.29) is 65.3 Å². The van der Waals surface area contributed by atoms with Crippen LogP contribution < -0.4 is 68.9 Å². The molecular weight excluding hydrogens is 341 g/mol. The van der Waals surface area contributed by atoms with E-state index in [2.05, 4.69) is 6.92 Å². The van der Waals surface area contributed by atoms with Gasteiger partial charge in [-0.15, -0.1) is 0 Å². The van der Waals surface area contributed by atoms with E-state index in [1.807, 2.05) is 0 Å². The number of hydrogen-bond donors (Lipinski definition) is 0. The second-order valence-electron chi connectivity index (χ2n) is 6.64. The minimum Gasteiger partial charge on any atom is -0.811 e. The van der Waals surface area contributed by atoms with Gasteiger partial charge in [-0.05, 0) is 12.6 Å². The van der Waals surface area contributed by atoms with Crippen molar-refractivity contribution in [2.75, 3.05) is 6.16 Å². The van der Waals surface area contributed by atoms with Crippen LogP contribution >= 0.6 is 7.60 Å². The summed E-state index contributed by atoms with van der Waals surface area (Å²) >= 11 is 0. The number of unbranched alkanes of at least 4 members (excludes halogenated alkanes) is 15. The molecule has 0 spiro atoms. The predicted molar refractivity (Wildman–Crippen MR) is 92.0 cm³/mol. The van der Waals surface area contributed by atoms with Crippen LogP contribution in [0.15, 0.2) is 0 Å². The van der Waals surface area contributed by atoms with E-state index in [0.29, 0.717) is 6.42 Å². The third kappa shape index (κ3) is 28.9. The van der Waals surface area contributed by atoms with Crippen molar-refractivity contribution >= 4 is 7.60 Å². The molecule has 0 unspecified atom stereocenters. The van der Waals surface area contributed by atoms with Gasteiger partial charge in [-0.2, -0.15) is 0 Å². The van der Waals surface area contributed by atoms with Crippen molar-refractivity contribution in [1.29, 1.82) is 0 Å². The van der Waals surface area contributed by atoms with Crippen LogP contribution in [0, 0.1) is 0 Å². The van der Waals surface area contributed by atoms with Crippen LogP contribution in [-0.2, 0) is 4.57 Å². The molecule has 6 heteroatoms. The van der Waals surface area contributed by atoms with Gasteiger partial charge in [0.1, 0.15) is 0 Å². The summed E-state index contributed by atoms with van der Waals surface area (Å²) in [4.78, 5) is 20.9. The quantitative estimate of drug-likeness (QED) is 0.189. The van der Waals surface area contributed by atoms with E-state index in [1.165, 1.54) is 83.5 Å². The van der Waals surface area contributed by atoms with E-state index in [4.69, 9.17) is 0 Å². The predicted octanol–water partition coefficient (Wildman–Crippen LogP) is -0.830. The van der Waals surface area contributed by atoms with Crippen molar-refractivity contribution in [3.63, 3.8) is 0 Å². The molecule has 0 aliphatic rings. The summed E-state index contributed by atoms with van der Waals surface area (Å²) in [6.07, 6.45) is 19.9. The van der Waals surface area contributed by atoms with E-state index in [0.717, 1.165) is 12.8 Å². The molecule has 0 heterocycles. The molecular formula is C18H37Na2O3P. The first-order valence-corrected chi connectivity index (χ1v) is 11.3. The summed E-state index contributed by atoms with van der Waals surface area (Å²) in [6.45, 7) is 2.26. The number of hydrogen-bond acceptors (Lipinski definition) is 3. The molecule has 24 heavy (non-hydrogen) atoms. The first-order valence-electron chi connectivity index (χ1n) is 9.57. The maximum Gasteiger partial charge on any atom is 1.00 e. The van der Waals surface area contributed by atoms with Gasteiger partial charge in [0.15, 0.2) is 0 Å². The molecule has 0 bridgehead atoms. The van der Waals surface area contributed by atoms with E-state index in [9.17, 15) is 14.4 Å². The second-order valence-corrected chi connectivity index (χ2v) is 8.31. The Morgan fingerprint density at radius 2 is 0.792 bits per heavy atom. The normalized spacial score (nSPS) is 11.0. The average Bonchev–Trinajstić information content (AvgIpc) is 2.45. The molecule has 0 fully saturated rings. The summed E-state index contributed by atoms with van der Waals surface area (Å²) in [5.41, 5.74) is 0. The molecule has 0 amide bonds. The van der Waals surface area contributed by atoms with Gasteiger partial charge in [0.25, 0.3) is 0 Å². The van der Waals surface area contributed by atoms with Gasteiger partial charge in [-0.1, -0.05) is 111 Å². The molecule has 0 saturated heterocycles. The molecule has 134 valence electrons. The fourth-order valence-corrected chi connectivity index (χ4v) is 3.46. The van der Waals surface area contributed by atoms with Gasteiger partial charge in [0.05, 0.1) is 0 Å². The molecule has 0 rings (SSSR count). The smallest absolute Gasteiger partial charge is 0.811 e. The van der Waals surface area contributed by atoms with E-state index < -0.39 is 7.60 Å². The first kappa shape index (κ1) is 30.9. The standard InChI is InChI=1S/C18H39O3P.2Na/c1-2-3-4-5-6-7-8-9-10-11-12-13-14-15-16-17-18-22(19,20)21;;/h2-18H2,1H3,(H2,19,20,21);;/q;2*+1/p-2. The van der Waals surface area contributed by atoms with Gasteiger partial charge in [-0.25, -0.2) is 0 Å². The van der Waals surface area contributed by atoms with Gasteiger partial charge < -0.3 is 14.4 Å². The molecule has 0 aromatic carbocycles. The Kier molecular flexibility index (Phi) is 29.8. The van der Waals surface area contributed by atoms with Crippen molar-refractivity contribution < 1.29 is 73.5 Å². The van der Waals surface area contributed by atoms with Crippen LogP contribution in [0.25, 0.3) is 0 Å². The SMILES string of the molecule is CCCCCCCCCCCCCCCCCCP(=O)([O-])[O-].[Na+].[Na+]. The zero-order valence-electron chi connectivity index (χ0n) is 16.7. The Morgan fingerprint density at radius 3 is 1.04 bits per heavy atom. The van der Waals surface area contributed by atoms with Crippen molar-refractivity contribution in [3.05, 3.63) is 0 Å². The first-order chi connectivity index (χ1) is 10.6. The van der Waals surface area contributed by atoms with Crippen molar-refractivity contribution in [1.82, 2.24) is 0 Å². The van der Waals surface area contributed by atoms with E-state index >= 15 is 0 Å². The molecule has 3 nitrogen and oxygen atoms in total. The van der Waals surface area contributed by atoms with Crippen LogP contribution in [0.4, 0.5) is 0 Å². The van der Waals surface area contributed by atoms with Gasteiger partial charge in [0, 0.05) is 0 Å². The minimum absolute atomic E-state index is 0. The van der Waals surface area contributed by atoms with Gasteiger partial charge in [0.2, 0.25) is 0 Å². The van der Waals surface area contributed by atoms with Crippen LogP contribution in [0.2, 0.25) is 0 Å². The summed E-state index contributed by atoms with van der Waals surface area (Å²) in [7, 11) is -4.25. The average molecular weight is 378 g/mol. The number of rotatable bonds is 17. The summed E-state index contributed by atoms with van der Waals surface area (Å²) in [5.74, 6) is 0. The molecule has 0 radical (unpaired) electrons. The summed E-state index contributed by atoms with van der Waals surface area (Å²) in [6, 6.07) is 0. The van der Waals surface area contributed by atoms with Crippen LogP contribution in [-0.4, -0.2) is 6.16 Å². The summed E-state index contributed by atoms with van der Waals surface area (Å²) < 4.78 is 10.5. The Hall–Kier alpha value is 2.15. The van der Waals surface area contributed by atoms with Gasteiger partial charge in [-0.3, -0.25) is 0 Å². The zero-order chi connectivity index (χ0) is 16.5. The molecule has 0 aliphatic heterocycles. The molecule has 0 aromatic heterocycles. The summed E-state index contributed by atoms with van der Waals surface area (Å²) in [5, 5.41) is 0. The molecule has 0 N–H and O–H groups in total. The monoisotopic (exact) mass is 378 g/mol. The van der Waals surface area contributed by atoms with Crippen LogP contribution in [0.3, 0.4) is 0 Å². The molecule has 0 saturated carbocycles. The van der Waals surface area contributed by atoms with Crippen molar-refractivity contribution in [2.45, 2.75) is 110 Å². The third-order valence-electron chi connectivity index (χ3n) is 4.29. The fourth-order valence-electron chi connectivity index (χ4n) is 2.85. The third-order valence-corrected chi connectivity index (χ3v) is 5.15. The van der Waals surface area contributed by atoms with Gasteiger partial charge >= 0.3 is 59.1 Å². The minimum atomic E-state index is -4.25. The molecule has 0 aliphatic carbocycles. The Morgan fingerprint density at radius 1 is 0.542 bits per heavy atom. The molecule has 0 atom stereocenters. The fraction of sp³-hybridized carbons (Fsp3) is 1.00. The Balaban J connectivity index is -0.00000220. The maximum absolute atomic E-state index is 10.5. The molecule has 0 aromatic rings. The largest absolute Gasteiger partial charge is 1.00 e. The van der Waals surface area contributed by atoms with Crippen LogP contribution in [0.5, 0.6) is 0 Å².